The first-order valence-electron chi connectivity index (χ1n) is 10.0. The van der Waals surface area contributed by atoms with Gasteiger partial charge >= 0.3 is 5.69 Å². The van der Waals surface area contributed by atoms with Gasteiger partial charge in [0.15, 0.2) is 5.65 Å². The van der Waals surface area contributed by atoms with Gasteiger partial charge in [0.1, 0.15) is 0 Å². The van der Waals surface area contributed by atoms with Crippen LogP contribution in [0.2, 0.25) is 0 Å². The quantitative estimate of drug-likeness (QED) is 0.508. The predicted molar refractivity (Wildman–Crippen MR) is 113 cm³/mol. The molecule has 8 heteroatoms. The van der Waals surface area contributed by atoms with Gasteiger partial charge in [-0.25, -0.2) is 14.3 Å². The average molecular weight is 402 g/mol. The highest BCUT2D eigenvalue weighted by Crippen LogP contribution is 2.24. The second kappa shape index (κ2) is 8.17. The molecule has 0 spiro atoms. The van der Waals surface area contributed by atoms with Crippen LogP contribution < -0.4 is 5.69 Å². The summed E-state index contributed by atoms with van der Waals surface area (Å²) in [5.41, 5.74) is 3.88. The van der Waals surface area contributed by atoms with Crippen LogP contribution >= 0.6 is 0 Å². The van der Waals surface area contributed by atoms with E-state index in [0.717, 1.165) is 55.2 Å². The Balaban J connectivity index is 1.37. The molecule has 8 nitrogen and oxygen atoms in total. The summed E-state index contributed by atoms with van der Waals surface area (Å²) >= 11 is 0. The van der Waals surface area contributed by atoms with E-state index >= 15 is 0 Å². The lowest BCUT2D eigenvalue weighted by Gasteiger charge is -2.26. The van der Waals surface area contributed by atoms with Gasteiger partial charge in [-0.2, -0.15) is 10.1 Å². The molecule has 0 N–H and O–H groups in total. The van der Waals surface area contributed by atoms with E-state index < -0.39 is 0 Å². The van der Waals surface area contributed by atoms with Crippen LogP contribution in [-0.4, -0.2) is 61.9 Å². The van der Waals surface area contributed by atoms with E-state index in [9.17, 15) is 4.79 Å². The largest absolute Gasteiger partial charge is 0.379 e. The lowest BCUT2D eigenvalue weighted by molar-refractivity contribution is 0.0362. The molecule has 4 heterocycles. The molecule has 0 saturated carbocycles. The SMILES string of the molecule is O=c1nc(-c2cnc3c(-c4ccccc4)cnn3c2)ccn1CCN1CCOCC1. The number of hydrogen-bond acceptors (Lipinski definition) is 6. The third-order valence-electron chi connectivity index (χ3n) is 5.37. The number of morpholine rings is 1. The molecule has 1 saturated heterocycles. The van der Waals surface area contributed by atoms with Crippen LogP contribution in [0.1, 0.15) is 0 Å². The average Bonchev–Trinajstić information content (AvgIpc) is 3.23. The predicted octanol–water partition coefficient (Wildman–Crippen LogP) is 1.95. The summed E-state index contributed by atoms with van der Waals surface area (Å²) in [6.07, 6.45) is 7.20. The van der Waals surface area contributed by atoms with Crippen molar-refractivity contribution in [3.8, 4) is 22.4 Å². The molecule has 1 aliphatic rings. The molecule has 152 valence electrons. The number of nitrogens with zero attached hydrogens (tertiary/aromatic N) is 6. The zero-order valence-electron chi connectivity index (χ0n) is 16.5. The molecule has 0 atom stereocenters. The molecule has 1 aliphatic heterocycles. The molecule has 1 fully saturated rings. The van der Waals surface area contributed by atoms with E-state index in [1.54, 1.807) is 27.7 Å². The molecule has 0 aliphatic carbocycles. The maximum Gasteiger partial charge on any atom is 0.348 e. The number of hydrogen-bond donors (Lipinski definition) is 0. The number of aromatic nitrogens is 5. The van der Waals surface area contributed by atoms with Gasteiger partial charge in [-0.05, 0) is 11.6 Å². The van der Waals surface area contributed by atoms with Crippen molar-refractivity contribution >= 4 is 5.65 Å². The molecule has 0 unspecified atom stereocenters. The number of rotatable bonds is 5. The summed E-state index contributed by atoms with van der Waals surface area (Å²) in [5.74, 6) is 0. The van der Waals surface area contributed by atoms with Crippen LogP contribution in [0.25, 0.3) is 28.0 Å². The van der Waals surface area contributed by atoms with Gasteiger partial charge in [0.25, 0.3) is 0 Å². The van der Waals surface area contributed by atoms with E-state index in [4.69, 9.17) is 4.74 Å². The Morgan fingerprint density at radius 1 is 0.967 bits per heavy atom. The first-order chi connectivity index (χ1) is 14.8. The molecule has 0 amide bonds. The molecule has 30 heavy (non-hydrogen) atoms. The van der Waals surface area contributed by atoms with Gasteiger partial charge in [-0.1, -0.05) is 30.3 Å². The van der Waals surface area contributed by atoms with Crippen molar-refractivity contribution in [2.75, 3.05) is 32.8 Å². The topological polar surface area (TPSA) is 77.6 Å². The molecule has 1 aromatic carbocycles. The molecular weight excluding hydrogens is 380 g/mol. The van der Waals surface area contributed by atoms with E-state index in [0.29, 0.717) is 12.2 Å². The lowest BCUT2D eigenvalue weighted by Crippen LogP contribution is -2.39. The highest BCUT2D eigenvalue weighted by atomic mass is 16.5. The Morgan fingerprint density at radius 2 is 1.80 bits per heavy atom. The van der Waals surface area contributed by atoms with Crippen LogP contribution in [0.3, 0.4) is 0 Å². The molecule has 0 bridgehead atoms. The monoisotopic (exact) mass is 402 g/mol. The van der Waals surface area contributed by atoms with Crippen LogP contribution in [0.5, 0.6) is 0 Å². The minimum Gasteiger partial charge on any atom is -0.379 e. The van der Waals surface area contributed by atoms with Crippen LogP contribution in [-0.2, 0) is 11.3 Å². The van der Waals surface area contributed by atoms with Crippen molar-refractivity contribution in [1.29, 1.82) is 0 Å². The maximum absolute atomic E-state index is 12.5. The third-order valence-corrected chi connectivity index (χ3v) is 5.37. The fourth-order valence-electron chi connectivity index (χ4n) is 3.66. The first-order valence-corrected chi connectivity index (χ1v) is 10.0. The van der Waals surface area contributed by atoms with Crippen LogP contribution in [0.15, 0.2) is 66.0 Å². The Bertz CT molecular complexity index is 1210. The van der Waals surface area contributed by atoms with Crippen LogP contribution in [0.4, 0.5) is 0 Å². The van der Waals surface area contributed by atoms with Gasteiger partial charge in [0.2, 0.25) is 0 Å². The second-order valence-electron chi connectivity index (χ2n) is 7.28. The molecular formula is C22H22N6O2. The van der Waals surface area contributed by atoms with Gasteiger partial charge in [0, 0.05) is 55.9 Å². The highest BCUT2D eigenvalue weighted by Gasteiger charge is 2.12. The fourth-order valence-corrected chi connectivity index (χ4v) is 3.66. The van der Waals surface area contributed by atoms with Crippen molar-refractivity contribution in [3.63, 3.8) is 0 Å². The van der Waals surface area contributed by atoms with E-state index in [-0.39, 0.29) is 5.69 Å². The van der Waals surface area contributed by atoms with Gasteiger partial charge in [-0.15, -0.1) is 0 Å². The summed E-state index contributed by atoms with van der Waals surface area (Å²) in [6, 6.07) is 11.9. The van der Waals surface area contributed by atoms with Gasteiger partial charge < -0.3 is 4.74 Å². The number of fused-ring (bicyclic) bond motifs is 1. The summed E-state index contributed by atoms with van der Waals surface area (Å²) in [7, 11) is 0. The molecule has 3 aromatic heterocycles. The normalized spacial score (nSPS) is 14.9. The number of benzene rings is 1. The van der Waals surface area contributed by atoms with Crippen LogP contribution in [0, 0.1) is 0 Å². The Hall–Kier alpha value is -3.36. The third kappa shape index (κ3) is 3.74. The van der Waals surface area contributed by atoms with Crippen molar-refractivity contribution in [1.82, 2.24) is 29.0 Å². The van der Waals surface area contributed by atoms with Gasteiger partial charge in [-0.3, -0.25) is 9.47 Å². The maximum atomic E-state index is 12.5. The Labute approximate surface area is 173 Å². The van der Waals surface area contributed by atoms with Crippen molar-refractivity contribution < 1.29 is 4.74 Å². The first kappa shape index (κ1) is 18.7. The number of ether oxygens (including phenoxy) is 1. The van der Waals surface area contributed by atoms with Crippen molar-refractivity contribution in [2.24, 2.45) is 0 Å². The van der Waals surface area contributed by atoms with E-state index in [2.05, 4.69) is 20.0 Å². The summed E-state index contributed by atoms with van der Waals surface area (Å²) in [4.78, 5) is 23.6. The zero-order valence-corrected chi connectivity index (χ0v) is 16.5. The van der Waals surface area contributed by atoms with Crippen molar-refractivity contribution in [3.05, 3.63) is 71.7 Å². The van der Waals surface area contributed by atoms with E-state index in [1.807, 2.05) is 42.6 Å². The summed E-state index contributed by atoms with van der Waals surface area (Å²) in [6.45, 7) is 4.74. The second-order valence-corrected chi connectivity index (χ2v) is 7.28. The zero-order chi connectivity index (χ0) is 20.3. The molecule has 5 rings (SSSR count). The Kier molecular flexibility index (Phi) is 5.08. The Morgan fingerprint density at radius 3 is 2.60 bits per heavy atom. The summed E-state index contributed by atoms with van der Waals surface area (Å²) in [5, 5.41) is 4.43. The smallest absolute Gasteiger partial charge is 0.348 e. The van der Waals surface area contributed by atoms with Gasteiger partial charge in [0.05, 0.1) is 25.1 Å². The molecule has 4 aromatic rings. The minimum absolute atomic E-state index is 0.258. The summed E-state index contributed by atoms with van der Waals surface area (Å²) < 4.78 is 8.73. The van der Waals surface area contributed by atoms with Crippen molar-refractivity contribution in [2.45, 2.75) is 6.54 Å². The minimum atomic E-state index is -0.258. The van der Waals surface area contributed by atoms with E-state index in [1.165, 1.54) is 0 Å². The lowest BCUT2D eigenvalue weighted by atomic mass is 10.1. The standard InChI is InChI=1S/C22H22N6O2/c29-22-25-20(6-7-27(22)9-8-26-10-12-30-13-11-26)18-14-23-21-19(15-24-28(21)16-18)17-4-2-1-3-5-17/h1-7,14-16H,8-13H2. The highest BCUT2D eigenvalue weighted by molar-refractivity contribution is 5.77. The molecule has 0 radical (unpaired) electrons. The fraction of sp³-hybridized carbons (Fsp3) is 0.273.